The molecule has 3 nitrogen and oxygen atoms in total. The molecule has 1 atom stereocenters. The minimum atomic E-state index is 0.357. The second-order valence-electron chi connectivity index (χ2n) is 4.70. The molecule has 1 aromatic carbocycles. The molecule has 1 aromatic rings. The van der Waals surface area contributed by atoms with Crippen molar-refractivity contribution in [1.82, 2.24) is 15.3 Å². The molecule has 4 heteroatoms. The number of rotatable bonds is 3. The fourth-order valence-corrected chi connectivity index (χ4v) is 2.48. The molecule has 0 radical (unpaired) electrons. The van der Waals surface area contributed by atoms with Crippen LogP contribution in [0.25, 0.3) is 0 Å². The van der Waals surface area contributed by atoms with Gasteiger partial charge in [-0.05, 0) is 31.7 Å². The Bertz CT molecular complexity index is 361. The molecule has 17 heavy (non-hydrogen) atoms. The van der Waals surface area contributed by atoms with Crippen LogP contribution in [-0.2, 0) is 0 Å². The highest BCUT2D eigenvalue weighted by atomic mass is 79.9. The summed E-state index contributed by atoms with van der Waals surface area (Å²) in [4.78, 5) is 2.36. The van der Waals surface area contributed by atoms with E-state index in [2.05, 4.69) is 69.5 Å². The monoisotopic (exact) mass is 297 g/mol. The van der Waals surface area contributed by atoms with Crippen LogP contribution >= 0.6 is 15.9 Å². The van der Waals surface area contributed by atoms with Crippen LogP contribution in [0.5, 0.6) is 0 Å². The van der Waals surface area contributed by atoms with Gasteiger partial charge in [-0.15, -0.1) is 0 Å². The molecule has 1 aliphatic rings. The Morgan fingerprint density at radius 3 is 2.59 bits per heavy atom. The lowest BCUT2D eigenvalue weighted by atomic mass is 10.1. The highest BCUT2D eigenvalue weighted by molar-refractivity contribution is 9.10. The third-order valence-corrected chi connectivity index (χ3v) is 3.72. The zero-order valence-corrected chi connectivity index (χ0v) is 12.1. The number of halogens is 1. The first kappa shape index (κ1) is 13.0. The Morgan fingerprint density at radius 2 is 1.94 bits per heavy atom. The van der Waals surface area contributed by atoms with E-state index in [4.69, 9.17) is 0 Å². The molecule has 1 fully saturated rings. The standard InChI is InChI=1S/C13H20BrN3/c1-11(12-4-3-5-13(14)10-12)15-17-8-6-16(2)7-9-17/h3-5,10-11,15H,6-9H2,1-2H3. The van der Waals surface area contributed by atoms with Gasteiger partial charge in [-0.1, -0.05) is 28.1 Å². The van der Waals surface area contributed by atoms with Gasteiger partial charge < -0.3 is 4.90 Å². The first-order chi connectivity index (χ1) is 8.15. The molecule has 1 aliphatic heterocycles. The molecule has 0 aliphatic carbocycles. The number of nitrogens with zero attached hydrogens (tertiary/aromatic N) is 2. The van der Waals surface area contributed by atoms with Crippen molar-refractivity contribution in [2.24, 2.45) is 0 Å². The zero-order valence-electron chi connectivity index (χ0n) is 10.5. The smallest absolute Gasteiger partial charge is 0.0436 e. The Labute approximate surface area is 112 Å². The molecule has 1 saturated heterocycles. The second kappa shape index (κ2) is 5.96. The molecular formula is C13H20BrN3. The van der Waals surface area contributed by atoms with Crippen LogP contribution < -0.4 is 5.43 Å². The van der Waals surface area contributed by atoms with Crippen molar-refractivity contribution in [1.29, 1.82) is 0 Å². The van der Waals surface area contributed by atoms with Crippen LogP contribution in [0.4, 0.5) is 0 Å². The van der Waals surface area contributed by atoms with E-state index < -0.39 is 0 Å². The number of piperazine rings is 1. The number of likely N-dealkylation sites (N-methyl/N-ethyl adjacent to an activating group) is 1. The third-order valence-electron chi connectivity index (χ3n) is 3.23. The summed E-state index contributed by atoms with van der Waals surface area (Å²) in [5.74, 6) is 0. The van der Waals surface area contributed by atoms with E-state index in [1.807, 2.05) is 0 Å². The van der Waals surface area contributed by atoms with Crippen LogP contribution in [0.1, 0.15) is 18.5 Å². The van der Waals surface area contributed by atoms with Gasteiger partial charge >= 0.3 is 0 Å². The first-order valence-electron chi connectivity index (χ1n) is 6.10. The Morgan fingerprint density at radius 1 is 1.24 bits per heavy atom. The molecule has 1 heterocycles. The number of nitrogens with one attached hydrogen (secondary N) is 1. The zero-order chi connectivity index (χ0) is 12.3. The van der Waals surface area contributed by atoms with E-state index in [-0.39, 0.29) is 0 Å². The summed E-state index contributed by atoms with van der Waals surface area (Å²) in [6.07, 6.45) is 0. The average Bonchev–Trinajstić information content (AvgIpc) is 2.32. The van der Waals surface area contributed by atoms with Gasteiger partial charge in [0.15, 0.2) is 0 Å². The molecule has 0 bridgehead atoms. The predicted molar refractivity (Wildman–Crippen MR) is 74.8 cm³/mol. The maximum absolute atomic E-state index is 3.57. The SMILES string of the molecule is CC(NN1CCN(C)CC1)c1cccc(Br)c1. The molecular weight excluding hydrogens is 278 g/mol. The molecule has 0 saturated carbocycles. The summed E-state index contributed by atoms with van der Waals surface area (Å²) in [6, 6.07) is 8.84. The van der Waals surface area contributed by atoms with E-state index in [1.165, 1.54) is 5.56 Å². The third kappa shape index (κ3) is 3.78. The van der Waals surface area contributed by atoms with Crippen LogP contribution in [-0.4, -0.2) is 43.1 Å². The van der Waals surface area contributed by atoms with E-state index in [0.717, 1.165) is 30.7 Å². The molecule has 2 rings (SSSR count). The number of benzene rings is 1. The lowest BCUT2D eigenvalue weighted by Gasteiger charge is -2.34. The Balaban J connectivity index is 1.90. The van der Waals surface area contributed by atoms with Gasteiger partial charge in [0.1, 0.15) is 0 Å². The lowest BCUT2D eigenvalue weighted by molar-refractivity contribution is 0.0899. The normalized spacial score (nSPS) is 20.4. The molecule has 1 unspecified atom stereocenters. The minimum absolute atomic E-state index is 0.357. The summed E-state index contributed by atoms with van der Waals surface area (Å²) < 4.78 is 1.14. The van der Waals surface area contributed by atoms with Gasteiger partial charge in [0.25, 0.3) is 0 Å². The largest absolute Gasteiger partial charge is 0.304 e. The summed E-state index contributed by atoms with van der Waals surface area (Å²) in [7, 11) is 2.18. The van der Waals surface area contributed by atoms with Crippen molar-refractivity contribution in [3.8, 4) is 0 Å². The van der Waals surface area contributed by atoms with Crippen molar-refractivity contribution in [3.63, 3.8) is 0 Å². The maximum atomic E-state index is 3.57. The van der Waals surface area contributed by atoms with E-state index in [0.29, 0.717) is 6.04 Å². The Hall–Kier alpha value is -0.420. The minimum Gasteiger partial charge on any atom is -0.304 e. The summed E-state index contributed by atoms with van der Waals surface area (Å²) in [5, 5.41) is 2.32. The van der Waals surface area contributed by atoms with E-state index in [1.54, 1.807) is 0 Å². The van der Waals surface area contributed by atoms with E-state index >= 15 is 0 Å². The van der Waals surface area contributed by atoms with Crippen LogP contribution in [0.2, 0.25) is 0 Å². The van der Waals surface area contributed by atoms with Crippen molar-refractivity contribution in [2.75, 3.05) is 33.2 Å². The summed E-state index contributed by atoms with van der Waals surface area (Å²) >= 11 is 3.52. The number of hydrogen-bond acceptors (Lipinski definition) is 3. The number of hydrazine groups is 1. The molecule has 94 valence electrons. The molecule has 0 aromatic heterocycles. The van der Waals surface area contributed by atoms with Gasteiger partial charge in [0.2, 0.25) is 0 Å². The second-order valence-corrected chi connectivity index (χ2v) is 5.61. The van der Waals surface area contributed by atoms with Gasteiger partial charge in [-0.25, -0.2) is 10.4 Å². The fraction of sp³-hybridized carbons (Fsp3) is 0.538. The van der Waals surface area contributed by atoms with Crippen molar-refractivity contribution in [3.05, 3.63) is 34.3 Å². The fourth-order valence-electron chi connectivity index (χ4n) is 2.06. The average molecular weight is 298 g/mol. The van der Waals surface area contributed by atoms with Crippen molar-refractivity contribution < 1.29 is 0 Å². The summed E-state index contributed by atoms with van der Waals surface area (Å²) in [5.41, 5.74) is 4.89. The van der Waals surface area contributed by atoms with Crippen LogP contribution in [0.15, 0.2) is 28.7 Å². The summed E-state index contributed by atoms with van der Waals surface area (Å²) in [6.45, 7) is 6.67. The highest BCUT2D eigenvalue weighted by Gasteiger charge is 2.16. The molecule has 0 amide bonds. The predicted octanol–water partition coefficient (Wildman–Crippen LogP) is 2.26. The quantitative estimate of drug-likeness (QED) is 0.923. The van der Waals surface area contributed by atoms with Crippen LogP contribution in [0, 0.1) is 0 Å². The van der Waals surface area contributed by atoms with E-state index in [9.17, 15) is 0 Å². The maximum Gasteiger partial charge on any atom is 0.0436 e. The van der Waals surface area contributed by atoms with Crippen molar-refractivity contribution in [2.45, 2.75) is 13.0 Å². The topological polar surface area (TPSA) is 18.5 Å². The van der Waals surface area contributed by atoms with Gasteiger partial charge in [-0.3, -0.25) is 0 Å². The van der Waals surface area contributed by atoms with Gasteiger partial charge in [-0.2, -0.15) is 0 Å². The number of hydrogen-bond donors (Lipinski definition) is 1. The van der Waals surface area contributed by atoms with Gasteiger partial charge in [0.05, 0.1) is 0 Å². The van der Waals surface area contributed by atoms with Crippen LogP contribution in [0.3, 0.4) is 0 Å². The van der Waals surface area contributed by atoms with Gasteiger partial charge in [0, 0.05) is 36.7 Å². The first-order valence-corrected chi connectivity index (χ1v) is 6.89. The van der Waals surface area contributed by atoms with Crippen molar-refractivity contribution >= 4 is 15.9 Å². The molecule has 1 N–H and O–H groups in total. The Kier molecular flexibility index (Phi) is 4.56. The highest BCUT2D eigenvalue weighted by Crippen LogP contribution is 2.18. The molecule has 0 spiro atoms. The lowest BCUT2D eigenvalue weighted by Crippen LogP contribution is -2.51.